The van der Waals surface area contributed by atoms with Crippen LogP contribution in [0, 0.1) is 0 Å². The van der Waals surface area contributed by atoms with E-state index < -0.39 is 0 Å². The molecule has 9 heteroatoms. The molecule has 7 nitrogen and oxygen atoms in total. The summed E-state index contributed by atoms with van der Waals surface area (Å²) < 4.78 is 13.5. The Morgan fingerprint density at radius 3 is 2.61 bits per heavy atom. The third-order valence-corrected chi connectivity index (χ3v) is 5.80. The Hall–Kier alpha value is -3.04. The van der Waals surface area contributed by atoms with Crippen molar-refractivity contribution >= 4 is 39.3 Å². The molecule has 0 radical (unpaired) electrons. The minimum Gasteiger partial charge on any atom is -0.495 e. The van der Waals surface area contributed by atoms with Crippen molar-refractivity contribution in [1.29, 1.82) is 0 Å². The minimum absolute atomic E-state index is 0.161. The number of carbonyl (C=O) groups is 1. The quantitative estimate of drug-likeness (QED) is 0.340. The highest BCUT2D eigenvalue weighted by Crippen LogP contribution is 2.29. The van der Waals surface area contributed by atoms with Crippen LogP contribution < -0.4 is 10.1 Å². The molecule has 2 heterocycles. The zero-order chi connectivity index (χ0) is 21.6. The Morgan fingerprint density at radius 2 is 1.87 bits per heavy atom. The molecule has 31 heavy (non-hydrogen) atoms. The summed E-state index contributed by atoms with van der Waals surface area (Å²) in [4.78, 5) is 12.5. The number of furan rings is 1. The van der Waals surface area contributed by atoms with E-state index in [4.69, 9.17) is 9.15 Å². The molecule has 0 aliphatic rings. The second kappa shape index (κ2) is 9.84. The molecule has 4 aromatic rings. The van der Waals surface area contributed by atoms with Gasteiger partial charge in [-0.3, -0.25) is 9.36 Å². The van der Waals surface area contributed by atoms with E-state index in [1.165, 1.54) is 11.8 Å². The highest BCUT2D eigenvalue weighted by molar-refractivity contribution is 9.10. The van der Waals surface area contributed by atoms with Crippen LogP contribution in [0.1, 0.15) is 5.56 Å². The number of hydrogen-bond donors (Lipinski definition) is 1. The standard InChI is InChI=1S/C22H19BrN4O3S/c1-29-17-10-6-5-9-16(17)24-20(28)14-31-22-26-25-21(18-11-12-19(23)30-18)27(22)13-15-7-3-2-4-8-15/h2-12H,13-14H2,1H3,(H,24,28). The average Bonchev–Trinajstić information content (AvgIpc) is 3.39. The molecule has 0 fully saturated rings. The molecule has 0 atom stereocenters. The summed E-state index contributed by atoms with van der Waals surface area (Å²) >= 11 is 4.64. The maximum atomic E-state index is 12.5. The fraction of sp³-hybridized carbons (Fsp3) is 0.136. The summed E-state index contributed by atoms with van der Waals surface area (Å²) in [5.74, 6) is 1.82. The first kappa shape index (κ1) is 21.2. The number of nitrogens with one attached hydrogen (secondary N) is 1. The highest BCUT2D eigenvalue weighted by atomic mass is 79.9. The lowest BCUT2D eigenvalue weighted by Gasteiger charge is -2.11. The van der Waals surface area contributed by atoms with Crippen LogP contribution in [-0.4, -0.2) is 33.5 Å². The van der Waals surface area contributed by atoms with Gasteiger partial charge in [0.2, 0.25) is 11.7 Å². The third kappa shape index (κ3) is 5.18. The number of anilines is 1. The van der Waals surface area contributed by atoms with Crippen molar-refractivity contribution < 1.29 is 13.9 Å². The molecule has 0 saturated carbocycles. The lowest BCUT2D eigenvalue weighted by Crippen LogP contribution is -2.15. The summed E-state index contributed by atoms with van der Waals surface area (Å²) in [5, 5.41) is 12.1. The molecule has 0 aliphatic carbocycles. The topological polar surface area (TPSA) is 82.2 Å². The largest absolute Gasteiger partial charge is 0.495 e. The number of hydrogen-bond acceptors (Lipinski definition) is 6. The fourth-order valence-corrected chi connectivity index (χ4v) is 4.03. The van der Waals surface area contributed by atoms with E-state index in [0.717, 1.165) is 5.56 Å². The van der Waals surface area contributed by atoms with Gasteiger partial charge in [-0.1, -0.05) is 54.2 Å². The van der Waals surface area contributed by atoms with Gasteiger partial charge in [0.15, 0.2) is 15.6 Å². The van der Waals surface area contributed by atoms with Gasteiger partial charge in [0.25, 0.3) is 0 Å². The molecule has 1 amide bonds. The van der Waals surface area contributed by atoms with Gasteiger partial charge >= 0.3 is 0 Å². The summed E-state index contributed by atoms with van der Waals surface area (Å²) in [6.07, 6.45) is 0. The second-order valence-electron chi connectivity index (χ2n) is 6.52. The van der Waals surface area contributed by atoms with E-state index >= 15 is 0 Å². The van der Waals surface area contributed by atoms with E-state index in [9.17, 15) is 4.79 Å². The normalized spacial score (nSPS) is 10.8. The molecular formula is C22H19BrN4O3S. The van der Waals surface area contributed by atoms with Gasteiger partial charge in [0, 0.05) is 0 Å². The van der Waals surface area contributed by atoms with Crippen LogP contribution in [0.3, 0.4) is 0 Å². The maximum Gasteiger partial charge on any atom is 0.234 e. The predicted octanol–water partition coefficient (Wildman–Crippen LogP) is 5.09. The highest BCUT2D eigenvalue weighted by Gasteiger charge is 2.19. The maximum absolute atomic E-state index is 12.5. The third-order valence-electron chi connectivity index (χ3n) is 4.41. The SMILES string of the molecule is COc1ccccc1NC(=O)CSc1nnc(-c2ccc(Br)o2)n1Cc1ccccc1. The number of methoxy groups -OCH3 is 1. The number of aromatic nitrogens is 3. The van der Waals surface area contributed by atoms with E-state index in [1.807, 2.05) is 59.2 Å². The second-order valence-corrected chi connectivity index (χ2v) is 8.24. The lowest BCUT2D eigenvalue weighted by molar-refractivity contribution is -0.113. The van der Waals surface area contributed by atoms with E-state index in [2.05, 4.69) is 31.4 Å². The smallest absolute Gasteiger partial charge is 0.234 e. The number of nitrogens with zero attached hydrogens (tertiary/aromatic N) is 3. The first-order chi connectivity index (χ1) is 15.1. The number of benzene rings is 2. The molecule has 0 unspecified atom stereocenters. The van der Waals surface area contributed by atoms with Crippen molar-refractivity contribution in [3.63, 3.8) is 0 Å². The molecule has 0 spiro atoms. The summed E-state index contributed by atoms with van der Waals surface area (Å²) in [6.45, 7) is 0.554. The van der Waals surface area contributed by atoms with Crippen LogP contribution in [0.5, 0.6) is 5.75 Å². The van der Waals surface area contributed by atoms with Crippen LogP contribution in [0.4, 0.5) is 5.69 Å². The summed E-state index contributed by atoms with van der Waals surface area (Å²) in [5.41, 5.74) is 1.72. The molecule has 1 N–H and O–H groups in total. The van der Waals surface area contributed by atoms with Crippen LogP contribution in [0.15, 0.2) is 81.0 Å². The Kier molecular flexibility index (Phi) is 6.73. The number of amides is 1. The Bertz CT molecular complexity index is 1180. The first-order valence-electron chi connectivity index (χ1n) is 9.42. The fourth-order valence-electron chi connectivity index (χ4n) is 2.99. The van der Waals surface area contributed by atoms with Gasteiger partial charge in [0.1, 0.15) is 5.75 Å². The first-order valence-corrected chi connectivity index (χ1v) is 11.2. The van der Waals surface area contributed by atoms with Gasteiger partial charge in [-0.2, -0.15) is 0 Å². The van der Waals surface area contributed by atoms with Crippen molar-refractivity contribution in [2.45, 2.75) is 11.7 Å². The number of para-hydroxylation sites is 2. The predicted molar refractivity (Wildman–Crippen MR) is 123 cm³/mol. The summed E-state index contributed by atoms with van der Waals surface area (Å²) in [7, 11) is 1.57. The number of rotatable bonds is 8. The van der Waals surface area contributed by atoms with E-state index in [1.54, 1.807) is 19.2 Å². The zero-order valence-electron chi connectivity index (χ0n) is 16.6. The van der Waals surface area contributed by atoms with Gasteiger partial charge in [0.05, 0.1) is 25.1 Å². The van der Waals surface area contributed by atoms with Crippen LogP contribution in [0.2, 0.25) is 0 Å². The van der Waals surface area contributed by atoms with Crippen LogP contribution in [0.25, 0.3) is 11.6 Å². The number of thioether (sulfide) groups is 1. The Morgan fingerprint density at radius 1 is 1.10 bits per heavy atom. The van der Waals surface area contributed by atoms with E-state index in [-0.39, 0.29) is 11.7 Å². The van der Waals surface area contributed by atoms with Crippen molar-refractivity contribution in [3.8, 4) is 17.3 Å². The van der Waals surface area contributed by atoms with Crippen molar-refractivity contribution in [2.75, 3.05) is 18.2 Å². The minimum atomic E-state index is -0.161. The molecule has 0 aliphatic heterocycles. The van der Waals surface area contributed by atoms with Gasteiger partial charge in [-0.15, -0.1) is 10.2 Å². The van der Waals surface area contributed by atoms with Crippen molar-refractivity contribution in [2.24, 2.45) is 0 Å². The van der Waals surface area contributed by atoms with Crippen LogP contribution in [-0.2, 0) is 11.3 Å². The number of halogens is 1. The van der Waals surface area contributed by atoms with Crippen LogP contribution >= 0.6 is 27.7 Å². The Labute approximate surface area is 191 Å². The van der Waals surface area contributed by atoms with Gasteiger partial charge < -0.3 is 14.5 Å². The summed E-state index contributed by atoms with van der Waals surface area (Å²) in [6, 6.07) is 20.9. The molecule has 0 saturated heterocycles. The van der Waals surface area contributed by atoms with Gasteiger partial charge in [-0.25, -0.2) is 0 Å². The molecule has 0 bridgehead atoms. The molecule has 2 aromatic heterocycles. The molecular weight excluding hydrogens is 480 g/mol. The van der Waals surface area contributed by atoms with E-state index in [0.29, 0.717) is 39.4 Å². The molecule has 158 valence electrons. The number of ether oxygens (including phenoxy) is 1. The monoisotopic (exact) mass is 498 g/mol. The number of carbonyl (C=O) groups excluding carboxylic acids is 1. The molecule has 2 aromatic carbocycles. The molecule has 4 rings (SSSR count). The average molecular weight is 499 g/mol. The van der Waals surface area contributed by atoms with Gasteiger partial charge in [-0.05, 0) is 45.8 Å². The zero-order valence-corrected chi connectivity index (χ0v) is 19.0. The van der Waals surface area contributed by atoms with Crippen molar-refractivity contribution in [1.82, 2.24) is 14.8 Å². The van der Waals surface area contributed by atoms with Crippen molar-refractivity contribution in [3.05, 3.63) is 77.0 Å². The Balaban J connectivity index is 1.53. The lowest BCUT2D eigenvalue weighted by atomic mass is 10.2.